The standard InChI is InChI=1S/C14H14FN3OS/c1-18-6-5-11-12(8-18)20-14(16-11)17-13(19)9-3-2-4-10(15)7-9/h2-4,7H,5-6,8H2,1H3,(H,16,17,19). The van der Waals surface area contributed by atoms with Crippen LogP contribution in [0.4, 0.5) is 9.52 Å². The summed E-state index contributed by atoms with van der Waals surface area (Å²) in [5.41, 5.74) is 1.36. The van der Waals surface area contributed by atoms with E-state index in [4.69, 9.17) is 0 Å². The Bertz CT molecular complexity index is 656. The average Bonchev–Trinajstić information content (AvgIpc) is 2.80. The minimum Gasteiger partial charge on any atom is -0.301 e. The third-order valence-corrected chi connectivity index (χ3v) is 4.23. The second-order valence-corrected chi connectivity index (χ2v) is 5.92. The number of aromatic nitrogens is 1. The van der Waals surface area contributed by atoms with Crippen molar-refractivity contribution < 1.29 is 9.18 Å². The van der Waals surface area contributed by atoms with Crippen LogP contribution in [0, 0.1) is 5.82 Å². The molecule has 0 saturated heterocycles. The highest BCUT2D eigenvalue weighted by molar-refractivity contribution is 7.15. The lowest BCUT2D eigenvalue weighted by Crippen LogP contribution is -2.25. The highest BCUT2D eigenvalue weighted by atomic mass is 32.1. The van der Waals surface area contributed by atoms with Gasteiger partial charge in [-0.2, -0.15) is 0 Å². The number of rotatable bonds is 2. The molecule has 0 atom stereocenters. The Hall–Kier alpha value is -1.79. The van der Waals surface area contributed by atoms with Crippen molar-refractivity contribution in [2.75, 3.05) is 18.9 Å². The minimum atomic E-state index is -0.419. The number of amides is 1. The van der Waals surface area contributed by atoms with E-state index in [9.17, 15) is 9.18 Å². The van der Waals surface area contributed by atoms with Crippen molar-refractivity contribution in [3.63, 3.8) is 0 Å². The molecule has 6 heteroatoms. The van der Waals surface area contributed by atoms with Gasteiger partial charge in [0.25, 0.3) is 5.91 Å². The van der Waals surface area contributed by atoms with E-state index in [-0.39, 0.29) is 5.91 Å². The average molecular weight is 291 g/mol. The summed E-state index contributed by atoms with van der Waals surface area (Å²) in [7, 11) is 2.06. The van der Waals surface area contributed by atoms with Gasteiger partial charge in [-0.05, 0) is 25.2 Å². The fraction of sp³-hybridized carbons (Fsp3) is 0.286. The number of hydrogen-bond donors (Lipinski definition) is 1. The number of likely N-dealkylation sites (N-methyl/N-ethyl adjacent to an activating group) is 1. The van der Waals surface area contributed by atoms with Crippen LogP contribution in [0.25, 0.3) is 0 Å². The molecule has 1 aliphatic heterocycles. The first-order valence-corrected chi connectivity index (χ1v) is 7.17. The van der Waals surface area contributed by atoms with Crippen LogP contribution in [-0.2, 0) is 13.0 Å². The zero-order valence-corrected chi connectivity index (χ0v) is 11.8. The molecule has 2 heterocycles. The molecular formula is C14H14FN3OS. The first-order valence-electron chi connectivity index (χ1n) is 6.36. The van der Waals surface area contributed by atoms with Crippen molar-refractivity contribution in [3.05, 3.63) is 46.2 Å². The van der Waals surface area contributed by atoms with Gasteiger partial charge in [-0.1, -0.05) is 6.07 Å². The minimum absolute atomic E-state index is 0.301. The van der Waals surface area contributed by atoms with Crippen LogP contribution in [0.5, 0.6) is 0 Å². The van der Waals surface area contributed by atoms with Gasteiger partial charge in [-0.25, -0.2) is 9.37 Å². The summed E-state index contributed by atoms with van der Waals surface area (Å²) < 4.78 is 13.1. The number of carbonyl (C=O) groups excluding carboxylic acids is 1. The zero-order valence-electron chi connectivity index (χ0n) is 11.0. The molecule has 4 nitrogen and oxygen atoms in total. The highest BCUT2D eigenvalue weighted by Crippen LogP contribution is 2.27. The van der Waals surface area contributed by atoms with Gasteiger partial charge in [-0.3, -0.25) is 10.1 Å². The molecule has 0 aliphatic carbocycles. The maximum atomic E-state index is 13.1. The predicted molar refractivity (Wildman–Crippen MR) is 76.5 cm³/mol. The molecule has 0 radical (unpaired) electrons. The summed E-state index contributed by atoms with van der Waals surface area (Å²) in [4.78, 5) is 19.9. The number of nitrogens with one attached hydrogen (secondary N) is 1. The van der Waals surface area contributed by atoms with Gasteiger partial charge in [0.2, 0.25) is 0 Å². The van der Waals surface area contributed by atoms with Gasteiger partial charge < -0.3 is 4.90 Å². The number of benzene rings is 1. The van der Waals surface area contributed by atoms with Crippen LogP contribution in [0.15, 0.2) is 24.3 Å². The summed E-state index contributed by atoms with van der Waals surface area (Å²) >= 11 is 1.49. The molecule has 3 rings (SSSR count). The van der Waals surface area contributed by atoms with Crippen LogP contribution in [0.2, 0.25) is 0 Å². The second-order valence-electron chi connectivity index (χ2n) is 4.84. The van der Waals surface area contributed by atoms with Crippen molar-refractivity contribution in [2.24, 2.45) is 0 Å². The fourth-order valence-corrected chi connectivity index (χ4v) is 3.26. The molecular weight excluding hydrogens is 277 g/mol. The van der Waals surface area contributed by atoms with Crippen molar-refractivity contribution >= 4 is 22.4 Å². The van der Waals surface area contributed by atoms with Crippen molar-refractivity contribution in [1.29, 1.82) is 0 Å². The smallest absolute Gasteiger partial charge is 0.257 e. The van der Waals surface area contributed by atoms with E-state index in [1.807, 2.05) is 0 Å². The van der Waals surface area contributed by atoms with E-state index < -0.39 is 5.82 Å². The van der Waals surface area contributed by atoms with Gasteiger partial charge >= 0.3 is 0 Å². The van der Waals surface area contributed by atoms with E-state index in [0.717, 1.165) is 25.2 Å². The van der Waals surface area contributed by atoms with Gasteiger partial charge in [0.1, 0.15) is 5.82 Å². The lowest BCUT2D eigenvalue weighted by Gasteiger charge is -2.20. The maximum Gasteiger partial charge on any atom is 0.257 e. The summed E-state index contributed by atoms with van der Waals surface area (Å²) in [6.45, 7) is 1.84. The summed E-state index contributed by atoms with van der Waals surface area (Å²) in [5, 5.41) is 3.32. The van der Waals surface area contributed by atoms with Crippen LogP contribution in [-0.4, -0.2) is 29.4 Å². The van der Waals surface area contributed by atoms with E-state index >= 15 is 0 Å². The molecule has 0 unspecified atom stereocenters. The number of hydrogen-bond acceptors (Lipinski definition) is 4. The van der Waals surface area contributed by atoms with E-state index in [1.165, 1.54) is 34.4 Å². The number of carbonyl (C=O) groups is 1. The molecule has 0 bridgehead atoms. The Kier molecular flexibility index (Phi) is 3.50. The summed E-state index contributed by atoms with van der Waals surface area (Å²) in [6.07, 6.45) is 0.901. The maximum absolute atomic E-state index is 13.1. The molecule has 0 saturated carbocycles. The van der Waals surface area contributed by atoms with Crippen molar-refractivity contribution in [3.8, 4) is 0 Å². The number of fused-ring (bicyclic) bond motifs is 1. The molecule has 104 valence electrons. The van der Waals surface area contributed by atoms with Crippen LogP contribution >= 0.6 is 11.3 Å². The first kappa shape index (κ1) is 13.2. The molecule has 2 aromatic rings. The largest absolute Gasteiger partial charge is 0.301 e. The lowest BCUT2D eigenvalue weighted by atomic mass is 10.2. The SMILES string of the molecule is CN1CCc2nc(NC(=O)c3cccc(F)c3)sc2C1. The molecule has 1 aromatic carbocycles. The van der Waals surface area contributed by atoms with Gasteiger partial charge in [0.05, 0.1) is 5.69 Å². The summed E-state index contributed by atoms with van der Waals surface area (Å²) in [6, 6.07) is 5.64. The lowest BCUT2D eigenvalue weighted by molar-refractivity contribution is 0.102. The quantitative estimate of drug-likeness (QED) is 0.924. The zero-order chi connectivity index (χ0) is 14.1. The number of nitrogens with zero attached hydrogens (tertiary/aromatic N) is 2. The molecule has 1 amide bonds. The Morgan fingerprint density at radius 3 is 3.15 bits per heavy atom. The van der Waals surface area contributed by atoms with Crippen molar-refractivity contribution in [2.45, 2.75) is 13.0 Å². The molecule has 1 N–H and O–H groups in total. The number of anilines is 1. The van der Waals surface area contributed by atoms with E-state index in [2.05, 4.69) is 22.2 Å². The Morgan fingerprint density at radius 1 is 1.50 bits per heavy atom. The Morgan fingerprint density at radius 2 is 2.35 bits per heavy atom. The Balaban J connectivity index is 1.77. The molecule has 0 fully saturated rings. The Labute approximate surface area is 120 Å². The summed E-state index contributed by atoms with van der Waals surface area (Å²) in [5.74, 6) is -0.748. The molecule has 1 aliphatic rings. The number of halogens is 1. The number of thiazole rings is 1. The predicted octanol–water partition coefficient (Wildman–Crippen LogP) is 2.52. The third-order valence-electron chi connectivity index (χ3n) is 3.23. The van der Waals surface area contributed by atoms with Gasteiger partial charge in [0.15, 0.2) is 5.13 Å². The van der Waals surface area contributed by atoms with Gasteiger partial charge in [0, 0.05) is 30.0 Å². The normalized spacial score (nSPS) is 14.9. The first-order chi connectivity index (χ1) is 9.61. The molecule has 0 spiro atoms. The van der Waals surface area contributed by atoms with Gasteiger partial charge in [-0.15, -0.1) is 11.3 Å². The van der Waals surface area contributed by atoms with Crippen LogP contribution < -0.4 is 5.32 Å². The monoisotopic (exact) mass is 291 g/mol. The topological polar surface area (TPSA) is 45.2 Å². The van der Waals surface area contributed by atoms with Crippen molar-refractivity contribution in [1.82, 2.24) is 9.88 Å². The van der Waals surface area contributed by atoms with Crippen LogP contribution in [0.1, 0.15) is 20.9 Å². The molecule has 20 heavy (non-hydrogen) atoms. The van der Waals surface area contributed by atoms with E-state index in [0.29, 0.717) is 10.7 Å². The van der Waals surface area contributed by atoms with Crippen LogP contribution in [0.3, 0.4) is 0 Å². The van der Waals surface area contributed by atoms with E-state index in [1.54, 1.807) is 6.07 Å². The third kappa shape index (κ3) is 2.71. The highest BCUT2D eigenvalue weighted by Gasteiger charge is 2.19. The second kappa shape index (κ2) is 5.30. The fourth-order valence-electron chi connectivity index (χ4n) is 2.18. The molecule has 1 aromatic heterocycles.